The molecule has 0 amide bonds. The van der Waals surface area contributed by atoms with Gasteiger partial charge in [0, 0.05) is 6.20 Å². The van der Waals surface area contributed by atoms with Crippen LogP contribution in [-0.2, 0) is 0 Å². The van der Waals surface area contributed by atoms with E-state index in [-0.39, 0.29) is 11.6 Å². The van der Waals surface area contributed by atoms with Crippen LogP contribution in [0, 0.1) is 6.92 Å². The van der Waals surface area contributed by atoms with E-state index in [0.29, 0.717) is 11.5 Å². The highest BCUT2D eigenvalue weighted by atomic mass is 16.4. The molecule has 0 saturated heterocycles. The van der Waals surface area contributed by atoms with Gasteiger partial charge < -0.3 is 16.2 Å². The molecule has 5 nitrogen and oxygen atoms in total. The van der Waals surface area contributed by atoms with Crippen LogP contribution in [0.5, 0.6) is 0 Å². The van der Waals surface area contributed by atoms with Gasteiger partial charge in [-0.05, 0) is 25.5 Å². The van der Waals surface area contributed by atoms with Crippen LogP contribution in [0.1, 0.15) is 34.5 Å². The van der Waals surface area contributed by atoms with Crippen LogP contribution in [0.3, 0.4) is 0 Å². The van der Waals surface area contributed by atoms with Crippen LogP contribution < -0.4 is 11.1 Å². The lowest BCUT2D eigenvalue weighted by Gasteiger charge is -2.16. The second-order valence-electron chi connectivity index (χ2n) is 4.74. The van der Waals surface area contributed by atoms with Crippen molar-refractivity contribution in [1.29, 1.82) is 0 Å². The molecule has 1 aromatic carbocycles. The number of hydrogen-bond donors (Lipinski definition) is 3. The van der Waals surface area contributed by atoms with Crippen LogP contribution in [0.15, 0.2) is 36.5 Å². The number of nitrogens with zero attached hydrogens (tertiary/aromatic N) is 1. The lowest BCUT2D eigenvalue weighted by molar-refractivity contribution is 0.0696. The summed E-state index contributed by atoms with van der Waals surface area (Å²) in [6.07, 6.45) is 1.29. The summed E-state index contributed by atoms with van der Waals surface area (Å²) in [4.78, 5) is 14.9. The summed E-state index contributed by atoms with van der Waals surface area (Å²) in [5.41, 5.74) is 8.53. The summed E-state index contributed by atoms with van der Waals surface area (Å²) in [6.45, 7) is 4.03. The highest BCUT2D eigenvalue weighted by molar-refractivity contribution is 5.89. The van der Waals surface area contributed by atoms with Gasteiger partial charge in [-0.3, -0.25) is 0 Å². The van der Waals surface area contributed by atoms with Gasteiger partial charge in [-0.25, -0.2) is 9.78 Å². The fourth-order valence-electron chi connectivity index (χ4n) is 1.86. The zero-order chi connectivity index (χ0) is 14.7. The fourth-order valence-corrected chi connectivity index (χ4v) is 1.86. The number of rotatable bonds is 4. The molecule has 0 spiro atoms. The van der Waals surface area contributed by atoms with Gasteiger partial charge in [-0.1, -0.05) is 29.8 Å². The van der Waals surface area contributed by atoms with Gasteiger partial charge in [0.05, 0.1) is 17.3 Å². The summed E-state index contributed by atoms with van der Waals surface area (Å²) in [7, 11) is 0. The maximum atomic E-state index is 10.8. The molecule has 20 heavy (non-hydrogen) atoms. The Morgan fingerprint density at radius 1 is 1.35 bits per heavy atom. The van der Waals surface area contributed by atoms with Crippen molar-refractivity contribution in [3.8, 4) is 0 Å². The number of nitrogens with one attached hydrogen (secondary N) is 1. The van der Waals surface area contributed by atoms with Gasteiger partial charge in [0.1, 0.15) is 5.82 Å². The van der Waals surface area contributed by atoms with Crippen molar-refractivity contribution in [2.24, 2.45) is 0 Å². The summed E-state index contributed by atoms with van der Waals surface area (Å²) in [5, 5.41) is 12.1. The number of nitrogen functional groups attached to an aromatic ring is 1. The minimum atomic E-state index is -1.04. The normalized spacial score (nSPS) is 11.9. The van der Waals surface area contributed by atoms with Crippen LogP contribution >= 0.6 is 0 Å². The molecule has 0 aliphatic rings. The molecule has 2 aromatic rings. The summed E-state index contributed by atoms with van der Waals surface area (Å²) in [5.74, 6) is -0.551. The zero-order valence-electron chi connectivity index (χ0n) is 11.4. The average molecular weight is 271 g/mol. The molecule has 104 valence electrons. The average Bonchev–Trinajstić information content (AvgIpc) is 2.41. The Morgan fingerprint density at radius 2 is 2.00 bits per heavy atom. The van der Waals surface area contributed by atoms with Crippen molar-refractivity contribution in [3.05, 3.63) is 53.2 Å². The van der Waals surface area contributed by atoms with Crippen LogP contribution in [0.2, 0.25) is 0 Å². The highest BCUT2D eigenvalue weighted by Crippen LogP contribution is 2.23. The smallest absolute Gasteiger partial charge is 0.337 e. The Balaban J connectivity index is 2.17. The second kappa shape index (κ2) is 5.61. The Labute approximate surface area is 117 Å². The predicted molar refractivity (Wildman–Crippen MR) is 78.8 cm³/mol. The molecular weight excluding hydrogens is 254 g/mol. The monoisotopic (exact) mass is 271 g/mol. The van der Waals surface area contributed by atoms with Crippen LogP contribution in [0.25, 0.3) is 0 Å². The van der Waals surface area contributed by atoms with Crippen molar-refractivity contribution in [2.75, 3.05) is 11.1 Å². The number of hydrogen-bond acceptors (Lipinski definition) is 4. The molecule has 1 heterocycles. The molecule has 0 saturated carbocycles. The van der Waals surface area contributed by atoms with Gasteiger partial charge in [-0.2, -0.15) is 0 Å². The van der Waals surface area contributed by atoms with E-state index < -0.39 is 5.97 Å². The highest BCUT2D eigenvalue weighted by Gasteiger charge is 2.11. The van der Waals surface area contributed by atoms with E-state index in [1.807, 2.05) is 38.1 Å². The number of aromatic carboxylic acids is 1. The number of carboxylic acids is 1. The van der Waals surface area contributed by atoms with E-state index in [2.05, 4.69) is 10.3 Å². The largest absolute Gasteiger partial charge is 0.478 e. The van der Waals surface area contributed by atoms with Gasteiger partial charge >= 0.3 is 5.97 Å². The molecule has 0 aliphatic heterocycles. The predicted octanol–water partition coefficient (Wildman–Crippen LogP) is 2.84. The van der Waals surface area contributed by atoms with Crippen molar-refractivity contribution < 1.29 is 9.90 Å². The van der Waals surface area contributed by atoms with Gasteiger partial charge in [0.25, 0.3) is 0 Å². The molecule has 0 bridgehead atoms. The fraction of sp³-hybridized carbons (Fsp3) is 0.200. The third kappa shape index (κ3) is 3.06. The van der Waals surface area contributed by atoms with E-state index in [0.717, 1.165) is 5.56 Å². The molecule has 2 rings (SSSR count). The number of aryl methyl sites for hydroxylation is 1. The number of pyridine rings is 1. The molecule has 4 N–H and O–H groups in total. The Bertz CT molecular complexity index is 624. The first-order valence-corrected chi connectivity index (χ1v) is 6.29. The van der Waals surface area contributed by atoms with E-state index in [1.54, 1.807) is 0 Å². The van der Waals surface area contributed by atoms with Crippen molar-refractivity contribution in [2.45, 2.75) is 19.9 Å². The standard InChI is InChI=1S/C15H17N3O2/c1-9-3-5-11(6-4-9)10(2)18-14-13(16)7-12(8-17-14)15(19)20/h3-8,10H,16H2,1-2H3,(H,17,18)(H,19,20). The van der Waals surface area contributed by atoms with Crippen molar-refractivity contribution in [1.82, 2.24) is 4.98 Å². The molecule has 1 aromatic heterocycles. The van der Waals surface area contributed by atoms with Crippen LogP contribution in [0.4, 0.5) is 11.5 Å². The van der Waals surface area contributed by atoms with E-state index in [4.69, 9.17) is 10.8 Å². The van der Waals surface area contributed by atoms with E-state index >= 15 is 0 Å². The van der Waals surface area contributed by atoms with E-state index in [1.165, 1.54) is 17.8 Å². The topological polar surface area (TPSA) is 88.2 Å². The minimum Gasteiger partial charge on any atom is -0.478 e. The molecule has 0 fully saturated rings. The number of carbonyl (C=O) groups is 1. The first-order valence-electron chi connectivity index (χ1n) is 6.29. The third-order valence-electron chi connectivity index (χ3n) is 3.09. The SMILES string of the molecule is Cc1ccc(C(C)Nc2ncc(C(=O)O)cc2N)cc1. The molecule has 0 radical (unpaired) electrons. The van der Waals surface area contributed by atoms with Crippen molar-refractivity contribution >= 4 is 17.5 Å². The van der Waals surface area contributed by atoms with Gasteiger partial charge in [0.15, 0.2) is 0 Å². The van der Waals surface area contributed by atoms with Gasteiger partial charge in [-0.15, -0.1) is 0 Å². The molecular formula is C15H17N3O2. The van der Waals surface area contributed by atoms with Gasteiger partial charge in [0.2, 0.25) is 0 Å². The molecule has 5 heteroatoms. The lowest BCUT2D eigenvalue weighted by Crippen LogP contribution is -2.11. The van der Waals surface area contributed by atoms with E-state index in [9.17, 15) is 4.79 Å². The second-order valence-corrected chi connectivity index (χ2v) is 4.74. The summed E-state index contributed by atoms with van der Waals surface area (Å²) in [6, 6.07) is 9.58. The summed E-state index contributed by atoms with van der Waals surface area (Å²) < 4.78 is 0. The lowest BCUT2D eigenvalue weighted by atomic mass is 10.1. The number of carboxylic acid groups (broad SMARTS) is 1. The Hall–Kier alpha value is -2.56. The zero-order valence-corrected chi connectivity index (χ0v) is 11.4. The number of nitrogens with two attached hydrogens (primary N) is 1. The summed E-state index contributed by atoms with van der Waals surface area (Å²) >= 11 is 0. The Kier molecular flexibility index (Phi) is 3.89. The number of anilines is 2. The molecule has 0 aliphatic carbocycles. The minimum absolute atomic E-state index is 0.0288. The first kappa shape index (κ1) is 13.9. The number of aromatic nitrogens is 1. The van der Waals surface area contributed by atoms with Crippen LogP contribution in [-0.4, -0.2) is 16.1 Å². The maximum Gasteiger partial charge on any atom is 0.337 e. The Morgan fingerprint density at radius 3 is 2.55 bits per heavy atom. The van der Waals surface area contributed by atoms with Crippen molar-refractivity contribution in [3.63, 3.8) is 0 Å². The molecule has 1 atom stereocenters. The number of benzene rings is 1. The quantitative estimate of drug-likeness (QED) is 0.795. The first-order chi connectivity index (χ1) is 9.47. The maximum absolute atomic E-state index is 10.8. The molecule has 1 unspecified atom stereocenters. The third-order valence-corrected chi connectivity index (χ3v) is 3.09.